The van der Waals surface area contributed by atoms with Crippen molar-refractivity contribution in [1.82, 2.24) is 9.97 Å². The van der Waals surface area contributed by atoms with Crippen LogP contribution < -0.4 is 11.1 Å². The number of aliphatic hydroxyl groups excluding tert-OH is 1. The van der Waals surface area contributed by atoms with Crippen molar-refractivity contribution in [2.45, 2.75) is 26.8 Å². The minimum atomic E-state index is -0.0157. The first kappa shape index (κ1) is 11.7. The van der Waals surface area contributed by atoms with Crippen LogP contribution in [0.4, 0.5) is 11.6 Å². The molecule has 0 fully saturated rings. The molecule has 0 radical (unpaired) electrons. The lowest BCUT2D eigenvalue weighted by molar-refractivity contribution is 0.249. The molecule has 1 aromatic heterocycles. The van der Waals surface area contributed by atoms with Gasteiger partial charge in [-0.2, -0.15) is 0 Å². The highest BCUT2D eigenvalue weighted by molar-refractivity contribution is 5.54. The summed E-state index contributed by atoms with van der Waals surface area (Å²) in [6.07, 6.45) is 1.42. The summed E-state index contributed by atoms with van der Waals surface area (Å²) in [5.74, 6) is 1.48. The van der Waals surface area contributed by atoms with Gasteiger partial charge in [0.15, 0.2) is 0 Å². The SMILES string of the molecule is Cc1c(N)ncnc1NC(CO)C(C)C. The third kappa shape index (κ3) is 2.79. The van der Waals surface area contributed by atoms with Gasteiger partial charge in [-0.25, -0.2) is 9.97 Å². The molecule has 1 unspecified atom stereocenters. The van der Waals surface area contributed by atoms with Crippen molar-refractivity contribution in [3.05, 3.63) is 11.9 Å². The van der Waals surface area contributed by atoms with Crippen LogP contribution in [-0.4, -0.2) is 27.7 Å². The molecule has 1 aromatic rings. The molecular formula is C10H18N4O. The van der Waals surface area contributed by atoms with Crippen molar-refractivity contribution in [2.75, 3.05) is 17.7 Å². The molecule has 84 valence electrons. The first-order valence-corrected chi connectivity index (χ1v) is 5.00. The largest absolute Gasteiger partial charge is 0.394 e. The lowest BCUT2D eigenvalue weighted by atomic mass is 10.1. The fraction of sp³-hybridized carbons (Fsp3) is 0.600. The van der Waals surface area contributed by atoms with E-state index in [2.05, 4.69) is 15.3 Å². The molecule has 0 saturated carbocycles. The molecule has 0 spiro atoms. The molecule has 1 heterocycles. The summed E-state index contributed by atoms with van der Waals surface area (Å²) in [6, 6.07) is -0.0157. The Morgan fingerprint density at radius 2 is 2.13 bits per heavy atom. The van der Waals surface area contributed by atoms with Crippen LogP contribution in [0.25, 0.3) is 0 Å². The topological polar surface area (TPSA) is 84.1 Å². The van der Waals surface area contributed by atoms with Crippen molar-refractivity contribution in [1.29, 1.82) is 0 Å². The Kier molecular flexibility index (Phi) is 3.85. The molecule has 1 atom stereocenters. The molecule has 0 aromatic carbocycles. The molecule has 0 aliphatic heterocycles. The predicted octanol–water partition coefficient (Wildman–Crippen LogP) is 0.796. The number of hydrogen-bond donors (Lipinski definition) is 3. The summed E-state index contributed by atoms with van der Waals surface area (Å²) in [7, 11) is 0. The number of rotatable bonds is 4. The van der Waals surface area contributed by atoms with Crippen LogP contribution >= 0.6 is 0 Å². The third-order valence-corrected chi connectivity index (χ3v) is 2.45. The van der Waals surface area contributed by atoms with E-state index in [0.717, 1.165) is 5.56 Å². The maximum absolute atomic E-state index is 9.18. The van der Waals surface area contributed by atoms with Gasteiger partial charge in [-0.05, 0) is 12.8 Å². The normalized spacial score (nSPS) is 12.9. The Morgan fingerprint density at radius 1 is 1.47 bits per heavy atom. The second-order valence-electron chi connectivity index (χ2n) is 3.91. The Bertz CT molecular complexity index is 327. The van der Waals surface area contributed by atoms with Gasteiger partial charge in [0.05, 0.1) is 12.6 Å². The van der Waals surface area contributed by atoms with Crippen molar-refractivity contribution in [2.24, 2.45) is 5.92 Å². The van der Waals surface area contributed by atoms with Crippen molar-refractivity contribution >= 4 is 11.6 Å². The zero-order valence-electron chi connectivity index (χ0n) is 9.36. The molecular weight excluding hydrogens is 192 g/mol. The maximum Gasteiger partial charge on any atom is 0.134 e. The van der Waals surface area contributed by atoms with Crippen molar-refractivity contribution < 1.29 is 5.11 Å². The zero-order valence-corrected chi connectivity index (χ0v) is 9.36. The van der Waals surface area contributed by atoms with Crippen LogP contribution in [0.5, 0.6) is 0 Å². The second-order valence-corrected chi connectivity index (χ2v) is 3.91. The van der Waals surface area contributed by atoms with E-state index in [1.807, 2.05) is 20.8 Å². The smallest absolute Gasteiger partial charge is 0.134 e. The average molecular weight is 210 g/mol. The van der Waals surface area contributed by atoms with E-state index in [1.165, 1.54) is 6.33 Å². The van der Waals surface area contributed by atoms with Gasteiger partial charge in [0.2, 0.25) is 0 Å². The molecule has 5 heteroatoms. The van der Waals surface area contributed by atoms with E-state index >= 15 is 0 Å². The summed E-state index contributed by atoms with van der Waals surface area (Å²) in [5, 5.41) is 12.3. The summed E-state index contributed by atoms with van der Waals surface area (Å²) in [6.45, 7) is 6.00. The quantitative estimate of drug-likeness (QED) is 0.684. The molecule has 0 bridgehead atoms. The first-order chi connectivity index (χ1) is 7.06. The molecule has 1 rings (SSSR count). The van der Waals surface area contributed by atoms with E-state index in [4.69, 9.17) is 5.73 Å². The molecule has 0 aliphatic carbocycles. The number of aliphatic hydroxyl groups is 1. The summed E-state index contributed by atoms with van der Waals surface area (Å²) >= 11 is 0. The Labute approximate surface area is 89.7 Å². The molecule has 5 nitrogen and oxygen atoms in total. The van der Waals surface area contributed by atoms with Gasteiger partial charge in [-0.1, -0.05) is 13.8 Å². The molecule has 0 amide bonds. The fourth-order valence-corrected chi connectivity index (χ4v) is 1.21. The average Bonchev–Trinajstić information content (AvgIpc) is 2.19. The van der Waals surface area contributed by atoms with Crippen LogP contribution in [0, 0.1) is 12.8 Å². The van der Waals surface area contributed by atoms with Gasteiger partial charge in [-0.15, -0.1) is 0 Å². The minimum absolute atomic E-state index is 0.0157. The predicted molar refractivity (Wildman–Crippen MR) is 60.5 cm³/mol. The number of nitrogens with one attached hydrogen (secondary N) is 1. The van der Waals surface area contributed by atoms with Gasteiger partial charge in [0.1, 0.15) is 18.0 Å². The van der Waals surface area contributed by atoms with Crippen molar-refractivity contribution in [3.63, 3.8) is 0 Å². The summed E-state index contributed by atoms with van der Waals surface area (Å²) in [5.41, 5.74) is 6.48. The summed E-state index contributed by atoms with van der Waals surface area (Å²) in [4.78, 5) is 7.98. The lowest BCUT2D eigenvalue weighted by Gasteiger charge is -2.21. The fourth-order valence-electron chi connectivity index (χ4n) is 1.21. The van der Waals surface area contributed by atoms with Gasteiger partial charge >= 0.3 is 0 Å². The number of hydrogen-bond acceptors (Lipinski definition) is 5. The van der Waals surface area contributed by atoms with Crippen LogP contribution in [0.15, 0.2) is 6.33 Å². The van der Waals surface area contributed by atoms with E-state index in [-0.39, 0.29) is 12.6 Å². The number of aromatic nitrogens is 2. The Hall–Kier alpha value is -1.36. The standard InChI is InChI=1S/C10H18N4O/c1-6(2)8(4-15)14-10-7(3)9(11)12-5-13-10/h5-6,8,15H,4H2,1-3H3,(H3,11,12,13,14). The van der Waals surface area contributed by atoms with Gasteiger partial charge in [0, 0.05) is 5.56 Å². The Balaban J connectivity index is 2.84. The van der Waals surface area contributed by atoms with E-state index < -0.39 is 0 Å². The molecule has 0 saturated heterocycles. The van der Waals surface area contributed by atoms with E-state index in [0.29, 0.717) is 17.6 Å². The highest BCUT2D eigenvalue weighted by Gasteiger charge is 2.14. The number of anilines is 2. The van der Waals surface area contributed by atoms with Crippen LogP contribution in [0.2, 0.25) is 0 Å². The van der Waals surface area contributed by atoms with Crippen LogP contribution in [-0.2, 0) is 0 Å². The monoisotopic (exact) mass is 210 g/mol. The van der Waals surface area contributed by atoms with Crippen LogP contribution in [0.3, 0.4) is 0 Å². The lowest BCUT2D eigenvalue weighted by Crippen LogP contribution is -2.30. The van der Waals surface area contributed by atoms with Gasteiger partial charge in [-0.3, -0.25) is 0 Å². The highest BCUT2D eigenvalue weighted by Crippen LogP contribution is 2.17. The van der Waals surface area contributed by atoms with Crippen molar-refractivity contribution in [3.8, 4) is 0 Å². The van der Waals surface area contributed by atoms with E-state index in [9.17, 15) is 5.11 Å². The van der Waals surface area contributed by atoms with Gasteiger partial charge in [0.25, 0.3) is 0 Å². The third-order valence-electron chi connectivity index (χ3n) is 2.45. The molecule has 4 N–H and O–H groups in total. The van der Waals surface area contributed by atoms with Crippen LogP contribution in [0.1, 0.15) is 19.4 Å². The summed E-state index contributed by atoms with van der Waals surface area (Å²) < 4.78 is 0. The highest BCUT2D eigenvalue weighted by atomic mass is 16.3. The maximum atomic E-state index is 9.18. The number of nitrogens with zero attached hydrogens (tertiary/aromatic N) is 2. The molecule has 15 heavy (non-hydrogen) atoms. The van der Waals surface area contributed by atoms with Gasteiger partial charge < -0.3 is 16.2 Å². The number of nitrogens with two attached hydrogens (primary N) is 1. The number of nitrogen functional groups attached to an aromatic ring is 1. The Morgan fingerprint density at radius 3 is 2.67 bits per heavy atom. The second kappa shape index (κ2) is 4.93. The van der Waals surface area contributed by atoms with E-state index in [1.54, 1.807) is 0 Å². The molecule has 0 aliphatic rings. The first-order valence-electron chi connectivity index (χ1n) is 5.00. The zero-order chi connectivity index (χ0) is 11.4. The minimum Gasteiger partial charge on any atom is -0.394 e.